The van der Waals surface area contributed by atoms with Crippen molar-refractivity contribution in [1.82, 2.24) is 4.90 Å². The fourth-order valence-corrected chi connectivity index (χ4v) is 4.49. The van der Waals surface area contributed by atoms with Crippen LogP contribution < -0.4 is 4.74 Å². The van der Waals surface area contributed by atoms with Crippen molar-refractivity contribution in [3.63, 3.8) is 0 Å². The molecule has 138 valence electrons. The monoisotopic (exact) mass is 387 g/mol. The molecule has 0 N–H and O–H groups in total. The molecule has 1 saturated heterocycles. The molecule has 0 radical (unpaired) electrons. The van der Waals surface area contributed by atoms with Gasteiger partial charge in [0.2, 0.25) is 0 Å². The number of hydrogen-bond donors (Lipinski definition) is 0. The van der Waals surface area contributed by atoms with Crippen LogP contribution >= 0.6 is 22.9 Å². The molecule has 1 aromatic heterocycles. The molecular formula is C17H22ClNO5S. The predicted molar refractivity (Wildman–Crippen MR) is 94.5 cm³/mol. The summed E-state index contributed by atoms with van der Waals surface area (Å²) in [6.45, 7) is 6.19. The summed E-state index contributed by atoms with van der Waals surface area (Å²) in [6, 6.07) is 1.76. The van der Waals surface area contributed by atoms with Gasteiger partial charge in [-0.2, -0.15) is 0 Å². The first-order valence-corrected chi connectivity index (χ1v) is 9.41. The number of likely N-dealkylation sites (tertiary alicyclic amines) is 1. The van der Waals surface area contributed by atoms with E-state index in [0.717, 1.165) is 24.2 Å². The van der Waals surface area contributed by atoms with Crippen molar-refractivity contribution in [2.75, 3.05) is 13.7 Å². The maximum absolute atomic E-state index is 12.3. The Hall–Kier alpha value is -1.47. The summed E-state index contributed by atoms with van der Waals surface area (Å²) in [5.41, 5.74) is -0.502. The lowest BCUT2D eigenvalue weighted by atomic mass is 10.1. The Bertz CT molecular complexity index is 683. The Morgan fingerprint density at radius 1 is 1.32 bits per heavy atom. The van der Waals surface area contributed by atoms with Crippen LogP contribution in [-0.2, 0) is 9.47 Å². The third-order valence-corrected chi connectivity index (χ3v) is 5.65. The van der Waals surface area contributed by atoms with Gasteiger partial charge in [-0.1, -0.05) is 11.6 Å². The number of nitrogens with zero attached hydrogens (tertiary/aromatic N) is 1. The number of amides is 1. The Balaban J connectivity index is 1.64. The SMILES string of the molecule is COC(=O)c1sc(Cl)cc1OC1CC2CC1CN2C(=O)OC(C)(C)C. The zero-order valence-corrected chi connectivity index (χ0v) is 16.3. The first kappa shape index (κ1) is 18.3. The van der Waals surface area contributed by atoms with E-state index in [4.69, 9.17) is 25.8 Å². The van der Waals surface area contributed by atoms with Gasteiger partial charge < -0.3 is 19.1 Å². The predicted octanol–water partition coefficient (Wildman–Crippen LogP) is 3.96. The van der Waals surface area contributed by atoms with E-state index >= 15 is 0 Å². The first-order valence-electron chi connectivity index (χ1n) is 8.22. The molecule has 3 rings (SSSR count). The highest BCUT2D eigenvalue weighted by Gasteiger charge is 2.49. The van der Waals surface area contributed by atoms with Crippen LogP contribution in [0.2, 0.25) is 4.34 Å². The summed E-state index contributed by atoms with van der Waals surface area (Å²) in [5.74, 6) is 0.232. The second kappa shape index (κ2) is 6.68. The number of esters is 1. The number of fused-ring (bicyclic) bond motifs is 2. The lowest BCUT2D eigenvalue weighted by Gasteiger charge is -2.33. The Labute approximate surface area is 156 Å². The molecule has 0 spiro atoms. The van der Waals surface area contributed by atoms with Crippen LogP contribution in [0.1, 0.15) is 43.3 Å². The molecule has 3 atom stereocenters. The first-order chi connectivity index (χ1) is 11.7. The fraction of sp³-hybridized carbons (Fsp3) is 0.647. The van der Waals surface area contributed by atoms with Crippen LogP contribution in [0, 0.1) is 5.92 Å². The molecule has 0 aromatic carbocycles. The lowest BCUT2D eigenvalue weighted by Crippen LogP contribution is -2.45. The van der Waals surface area contributed by atoms with Gasteiger partial charge in [-0.3, -0.25) is 0 Å². The minimum absolute atomic E-state index is 0.0437. The van der Waals surface area contributed by atoms with Gasteiger partial charge in [-0.25, -0.2) is 9.59 Å². The molecule has 1 aliphatic heterocycles. The van der Waals surface area contributed by atoms with E-state index in [0.29, 0.717) is 21.5 Å². The van der Waals surface area contributed by atoms with E-state index in [-0.39, 0.29) is 24.2 Å². The zero-order chi connectivity index (χ0) is 18.4. The molecule has 2 bridgehead atoms. The largest absolute Gasteiger partial charge is 0.488 e. The molecule has 6 nitrogen and oxygen atoms in total. The van der Waals surface area contributed by atoms with Crippen LogP contribution in [0.15, 0.2) is 6.07 Å². The lowest BCUT2D eigenvalue weighted by molar-refractivity contribution is 0.0105. The minimum atomic E-state index is -0.502. The van der Waals surface area contributed by atoms with Gasteiger partial charge in [0.05, 0.1) is 11.4 Å². The van der Waals surface area contributed by atoms with E-state index in [9.17, 15) is 9.59 Å². The highest BCUT2D eigenvalue weighted by molar-refractivity contribution is 7.18. The van der Waals surface area contributed by atoms with Gasteiger partial charge >= 0.3 is 12.1 Å². The quantitative estimate of drug-likeness (QED) is 0.734. The van der Waals surface area contributed by atoms with Crippen molar-refractivity contribution in [3.8, 4) is 5.75 Å². The van der Waals surface area contributed by atoms with Crippen LogP contribution in [0.5, 0.6) is 5.75 Å². The average molecular weight is 388 g/mol. The van der Waals surface area contributed by atoms with Gasteiger partial charge in [0, 0.05) is 31.0 Å². The van der Waals surface area contributed by atoms with E-state index in [1.807, 2.05) is 20.8 Å². The standard InChI is InChI=1S/C17H22ClNO5S/c1-17(2,3)24-16(21)19-8-9-5-10(19)6-11(9)23-12-7-13(18)25-14(12)15(20)22-4/h7,9-11H,5-6,8H2,1-4H3. The number of piperidine rings is 1. The summed E-state index contributed by atoms with van der Waals surface area (Å²) in [5, 5.41) is 0. The number of hydrogen-bond acceptors (Lipinski definition) is 6. The molecular weight excluding hydrogens is 366 g/mol. The third-order valence-electron chi connectivity index (χ3n) is 4.42. The summed E-state index contributed by atoms with van der Waals surface area (Å²) in [7, 11) is 1.33. The number of halogens is 1. The number of rotatable bonds is 3. The number of ether oxygens (including phenoxy) is 3. The summed E-state index contributed by atoms with van der Waals surface area (Å²) < 4.78 is 16.8. The summed E-state index contributed by atoms with van der Waals surface area (Å²) in [4.78, 5) is 26.3. The third kappa shape index (κ3) is 3.87. The normalized spacial score (nSPS) is 25.2. The maximum Gasteiger partial charge on any atom is 0.410 e. The van der Waals surface area contributed by atoms with Crippen molar-refractivity contribution in [3.05, 3.63) is 15.3 Å². The summed E-state index contributed by atoms with van der Waals surface area (Å²) >= 11 is 7.16. The zero-order valence-electron chi connectivity index (χ0n) is 14.7. The molecule has 1 aliphatic carbocycles. The van der Waals surface area contributed by atoms with E-state index in [1.54, 1.807) is 11.0 Å². The van der Waals surface area contributed by atoms with Crippen molar-refractivity contribution in [2.45, 2.75) is 51.4 Å². The van der Waals surface area contributed by atoms with Gasteiger partial charge in [0.15, 0.2) is 4.88 Å². The molecule has 3 unspecified atom stereocenters. The number of carbonyl (C=O) groups is 2. The minimum Gasteiger partial charge on any atom is -0.488 e. The smallest absolute Gasteiger partial charge is 0.410 e. The van der Waals surface area contributed by atoms with E-state index in [2.05, 4.69) is 0 Å². The fourth-order valence-electron chi connectivity index (χ4n) is 3.43. The second-order valence-corrected chi connectivity index (χ2v) is 9.09. The van der Waals surface area contributed by atoms with E-state index < -0.39 is 11.6 Å². The van der Waals surface area contributed by atoms with Gasteiger partial charge in [0.1, 0.15) is 17.5 Å². The molecule has 2 aliphatic rings. The topological polar surface area (TPSA) is 65.1 Å². The Kier molecular flexibility index (Phi) is 4.90. The maximum atomic E-state index is 12.3. The molecule has 2 fully saturated rings. The highest BCUT2D eigenvalue weighted by Crippen LogP contribution is 2.42. The van der Waals surface area contributed by atoms with Crippen LogP contribution in [0.25, 0.3) is 0 Å². The van der Waals surface area contributed by atoms with E-state index in [1.165, 1.54) is 7.11 Å². The Morgan fingerprint density at radius 2 is 2.04 bits per heavy atom. The summed E-state index contributed by atoms with van der Waals surface area (Å²) in [6.07, 6.45) is 1.29. The second-order valence-electron chi connectivity index (χ2n) is 7.41. The molecule has 1 saturated carbocycles. The van der Waals surface area contributed by atoms with Crippen molar-refractivity contribution < 1.29 is 23.8 Å². The number of thiophene rings is 1. The number of carbonyl (C=O) groups excluding carboxylic acids is 2. The Morgan fingerprint density at radius 3 is 2.60 bits per heavy atom. The average Bonchev–Trinajstić information content (AvgIpc) is 3.18. The van der Waals surface area contributed by atoms with Crippen molar-refractivity contribution in [1.29, 1.82) is 0 Å². The van der Waals surface area contributed by atoms with Gasteiger partial charge in [0.25, 0.3) is 0 Å². The van der Waals surface area contributed by atoms with Crippen LogP contribution in [-0.4, -0.2) is 48.4 Å². The molecule has 2 heterocycles. The number of methoxy groups -OCH3 is 1. The van der Waals surface area contributed by atoms with Crippen molar-refractivity contribution >= 4 is 35.0 Å². The van der Waals surface area contributed by atoms with Crippen LogP contribution in [0.4, 0.5) is 4.79 Å². The molecule has 8 heteroatoms. The molecule has 25 heavy (non-hydrogen) atoms. The van der Waals surface area contributed by atoms with Crippen LogP contribution in [0.3, 0.4) is 0 Å². The van der Waals surface area contributed by atoms with Gasteiger partial charge in [-0.05, 0) is 27.2 Å². The highest BCUT2D eigenvalue weighted by atomic mass is 35.5. The molecule has 1 amide bonds. The van der Waals surface area contributed by atoms with Crippen molar-refractivity contribution in [2.24, 2.45) is 5.92 Å². The molecule has 1 aromatic rings. The van der Waals surface area contributed by atoms with Gasteiger partial charge in [-0.15, -0.1) is 11.3 Å².